The second kappa shape index (κ2) is 4.61. The first-order valence-electron chi connectivity index (χ1n) is 4.17. The third-order valence-electron chi connectivity index (χ3n) is 1.94. The van der Waals surface area contributed by atoms with Gasteiger partial charge in [0.15, 0.2) is 0 Å². The van der Waals surface area contributed by atoms with Crippen molar-refractivity contribution in [2.45, 2.75) is 19.4 Å². The van der Waals surface area contributed by atoms with Gasteiger partial charge in [-0.05, 0) is 12.5 Å². The number of nitrogens with zero attached hydrogens (tertiary/aromatic N) is 1. The summed E-state index contributed by atoms with van der Waals surface area (Å²) in [6.07, 6.45) is 0.389. The molecule has 0 fully saturated rings. The van der Waals surface area contributed by atoms with E-state index in [4.69, 9.17) is 11.1 Å². The van der Waals surface area contributed by atoms with Crippen LogP contribution in [0.25, 0.3) is 0 Å². The summed E-state index contributed by atoms with van der Waals surface area (Å²) in [5, 5.41) is 8.55. The Morgan fingerprint density at radius 3 is 2.92 bits per heavy atom. The smallest absolute Gasteiger partial charge is 0.0642 e. The van der Waals surface area contributed by atoms with Crippen LogP contribution in [-0.2, 0) is 0 Å². The summed E-state index contributed by atoms with van der Waals surface area (Å²) in [4.78, 5) is 0. The fourth-order valence-electron chi connectivity index (χ4n) is 1.25. The normalized spacial score (nSPS) is 12.1. The third kappa shape index (κ3) is 2.55. The van der Waals surface area contributed by atoms with Crippen LogP contribution < -0.4 is 11.3 Å². The molecule has 3 N–H and O–H groups in total. The highest BCUT2D eigenvalue weighted by Crippen LogP contribution is 2.16. The van der Waals surface area contributed by atoms with E-state index in [1.54, 1.807) is 0 Å². The highest BCUT2D eigenvalue weighted by Gasteiger charge is 2.07. The number of hydrogen-bond donors (Lipinski definition) is 2. The lowest BCUT2D eigenvalue weighted by molar-refractivity contribution is 0.565. The third-order valence-corrected chi connectivity index (χ3v) is 1.94. The van der Waals surface area contributed by atoms with Gasteiger partial charge >= 0.3 is 0 Å². The molecule has 0 aliphatic heterocycles. The summed E-state index contributed by atoms with van der Waals surface area (Å²) in [6.45, 7) is 2.02. The molecular formula is C10H13N3. The molecule has 0 aliphatic rings. The lowest BCUT2D eigenvalue weighted by Gasteiger charge is -2.12. The van der Waals surface area contributed by atoms with Gasteiger partial charge in [-0.1, -0.05) is 29.8 Å². The molecule has 3 nitrogen and oxygen atoms in total. The number of benzene rings is 1. The van der Waals surface area contributed by atoms with Crippen molar-refractivity contribution in [3.8, 4) is 6.07 Å². The van der Waals surface area contributed by atoms with E-state index in [0.29, 0.717) is 6.42 Å². The Labute approximate surface area is 78.1 Å². The van der Waals surface area contributed by atoms with Crippen molar-refractivity contribution in [3.63, 3.8) is 0 Å². The van der Waals surface area contributed by atoms with Crippen LogP contribution in [0.3, 0.4) is 0 Å². The van der Waals surface area contributed by atoms with Crippen molar-refractivity contribution >= 4 is 0 Å². The van der Waals surface area contributed by atoms with Gasteiger partial charge in [-0.25, -0.2) is 0 Å². The topological polar surface area (TPSA) is 61.8 Å². The molecule has 0 aromatic heterocycles. The minimum Gasteiger partial charge on any atom is -0.271 e. The fraction of sp³-hybridized carbons (Fsp3) is 0.300. The maximum atomic E-state index is 8.55. The molecule has 0 aliphatic carbocycles. The van der Waals surface area contributed by atoms with Gasteiger partial charge in [-0.3, -0.25) is 11.3 Å². The standard InChI is InChI=1S/C10H13N3/c1-8-3-2-4-9(7-8)10(13-12)5-6-11/h2-4,7,10,13H,5,12H2,1H3/t10-/m0/s1. The zero-order chi connectivity index (χ0) is 9.68. The molecule has 0 saturated heterocycles. The van der Waals surface area contributed by atoms with Crippen molar-refractivity contribution in [1.29, 1.82) is 5.26 Å². The predicted molar refractivity (Wildman–Crippen MR) is 51.5 cm³/mol. The molecule has 3 heteroatoms. The largest absolute Gasteiger partial charge is 0.271 e. The molecule has 0 bridgehead atoms. The molecule has 0 radical (unpaired) electrons. The molecule has 13 heavy (non-hydrogen) atoms. The molecule has 1 rings (SSSR count). The molecule has 0 amide bonds. The number of hydrogen-bond acceptors (Lipinski definition) is 3. The Balaban J connectivity index is 2.86. The first-order chi connectivity index (χ1) is 6.27. The van der Waals surface area contributed by atoms with Gasteiger partial charge in [0, 0.05) is 0 Å². The lowest BCUT2D eigenvalue weighted by Crippen LogP contribution is -2.27. The lowest BCUT2D eigenvalue weighted by atomic mass is 10.0. The molecule has 0 heterocycles. The number of nitriles is 1. The average molecular weight is 175 g/mol. The zero-order valence-electron chi connectivity index (χ0n) is 7.62. The fourth-order valence-corrected chi connectivity index (χ4v) is 1.25. The summed E-state index contributed by atoms with van der Waals surface area (Å²) in [6, 6.07) is 10.0. The number of rotatable bonds is 3. The van der Waals surface area contributed by atoms with E-state index >= 15 is 0 Å². The van der Waals surface area contributed by atoms with E-state index in [2.05, 4.69) is 11.5 Å². The maximum absolute atomic E-state index is 8.55. The molecule has 0 spiro atoms. The van der Waals surface area contributed by atoms with Crippen LogP contribution in [0.1, 0.15) is 23.6 Å². The van der Waals surface area contributed by atoms with Crippen molar-refractivity contribution in [1.82, 2.24) is 5.43 Å². The summed E-state index contributed by atoms with van der Waals surface area (Å²) >= 11 is 0. The van der Waals surface area contributed by atoms with Crippen LogP contribution in [0.5, 0.6) is 0 Å². The highest BCUT2D eigenvalue weighted by atomic mass is 15.2. The molecule has 0 saturated carbocycles. The van der Waals surface area contributed by atoms with E-state index in [0.717, 1.165) is 5.56 Å². The van der Waals surface area contributed by atoms with E-state index in [-0.39, 0.29) is 6.04 Å². The second-order valence-corrected chi connectivity index (χ2v) is 3.00. The second-order valence-electron chi connectivity index (χ2n) is 3.00. The van der Waals surface area contributed by atoms with Gasteiger partial charge in [0.05, 0.1) is 18.5 Å². The highest BCUT2D eigenvalue weighted by molar-refractivity contribution is 5.25. The molecule has 68 valence electrons. The van der Waals surface area contributed by atoms with Gasteiger partial charge in [0.2, 0.25) is 0 Å². The van der Waals surface area contributed by atoms with Crippen LogP contribution in [0.2, 0.25) is 0 Å². The first-order valence-corrected chi connectivity index (χ1v) is 4.17. The molecule has 0 unspecified atom stereocenters. The summed E-state index contributed by atoms with van der Waals surface area (Å²) in [7, 11) is 0. The van der Waals surface area contributed by atoms with E-state index < -0.39 is 0 Å². The van der Waals surface area contributed by atoms with Gasteiger partial charge < -0.3 is 0 Å². The van der Waals surface area contributed by atoms with Crippen molar-refractivity contribution in [2.75, 3.05) is 0 Å². The molecule has 1 aromatic rings. The molecular weight excluding hydrogens is 162 g/mol. The number of hydrazine groups is 1. The Morgan fingerprint density at radius 2 is 2.38 bits per heavy atom. The maximum Gasteiger partial charge on any atom is 0.0642 e. The Kier molecular flexibility index (Phi) is 3.44. The van der Waals surface area contributed by atoms with Gasteiger partial charge in [0.1, 0.15) is 0 Å². The zero-order valence-corrected chi connectivity index (χ0v) is 7.62. The minimum absolute atomic E-state index is 0.0649. The molecule has 1 aromatic carbocycles. The Hall–Kier alpha value is -1.37. The Bertz CT molecular complexity index is 314. The monoisotopic (exact) mass is 175 g/mol. The van der Waals surface area contributed by atoms with E-state index in [1.165, 1.54) is 5.56 Å². The van der Waals surface area contributed by atoms with Crippen LogP contribution in [-0.4, -0.2) is 0 Å². The van der Waals surface area contributed by atoms with Crippen molar-refractivity contribution in [2.24, 2.45) is 5.84 Å². The van der Waals surface area contributed by atoms with Crippen molar-refractivity contribution < 1.29 is 0 Å². The van der Waals surface area contributed by atoms with Crippen LogP contribution in [0, 0.1) is 18.3 Å². The van der Waals surface area contributed by atoms with Crippen LogP contribution in [0.4, 0.5) is 0 Å². The Morgan fingerprint density at radius 1 is 1.62 bits per heavy atom. The van der Waals surface area contributed by atoms with Crippen LogP contribution >= 0.6 is 0 Å². The number of nitrogens with two attached hydrogens (primary N) is 1. The minimum atomic E-state index is -0.0649. The predicted octanol–water partition coefficient (Wildman–Crippen LogP) is 1.41. The van der Waals surface area contributed by atoms with Crippen LogP contribution in [0.15, 0.2) is 24.3 Å². The summed E-state index contributed by atoms with van der Waals surface area (Å²) in [5.74, 6) is 5.34. The SMILES string of the molecule is Cc1cccc([C@H](CC#N)NN)c1. The van der Waals surface area contributed by atoms with Gasteiger partial charge in [-0.15, -0.1) is 0 Å². The van der Waals surface area contributed by atoms with E-state index in [9.17, 15) is 0 Å². The molecule has 1 atom stereocenters. The van der Waals surface area contributed by atoms with E-state index in [1.807, 2.05) is 31.2 Å². The first kappa shape index (κ1) is 9.72. The number of aryl methyl sites for hydroxylation is 1. The van der Waals surface area contributed by atoms with Gasteiger partial charge in [0.25, 0.3) is 0 Å². The summed E-state index contributed by atoms with van der Waals surface area (Å²) < 4.78 is 0. The number of nitrogens with one attached hydrogen (secondary N) is 1. The van der Waals surface area contributed by atoms with Crippen molar-refractivity contribution in [3.05, 3.63) is 35.4 Å². The average Bonchev–Trinajstić information content (AvgIpc) is 2.14. The summed E-state index contributed by atoms with van der Waals surface area (Å²) in [5.41, 5.74) is 4.86. The quantitative estimate of drug-likeness (QED) is 0.539. The van der Waals surface area contributed by atoms with Gasteiger partial charge in [-0.2, -0.15) is 5.26 Å².